The third kappa shape index (κ3) is 8.59. The fourth-order valence-corrected chi connectivity index (χ4v) is 1.64. The van der Waals surface area contributed by atoms with Crippen molar-refractivity contribution < 1.29 is 50.9 Å². The van der Waals surface area contributed by atoms with E-state index in [-0.39, 0.29) is 0 Å². The Balaban J connectivity index is 0.000000322. The number of piperidine rings is 1. The second-order valence-electron chi connectivity index (χ2n) is 4.85. The molecule has 0 saturated carbocycles. The summed E-state index contributed by atoms with van der Waals surface area (Å²) in [5.41, 5.74) is 0.616. The summed E-state index contributed by atoms with van der Waals surface area (Å²) in [6.45, 7) is 4.44. The quantitative estimate of drug-likeness (QED) is 0.572. The van der Waals surface area contributed by atoms with Crippen LogP contribution in [0.2, 0.25) is 0 Å². The highest BCUT2D eigenvalue weighted by molar-refractivity contribution is 5.73. The maximum absolute atomic E-state index is 10.6. The van der Waals surface area contributed by atoms with E-state index in [1.165, 1.54) is 25.9 Å². The third-order valence-corrected chi connectivity index (χ3v) is 2.97. The highest BCUT2D eigenvalue weighted by atomic mass is 19.4. The summed E-state index contributed by atoms with van der Waals surface area (Å²) < 4.78 is 68.7. The van der Waals surface area contributed by atoms with Gasteiger partial charge in [0, 0.05) is 5.41 Å². The van der Waals surface area contributed by atoms with Crippen LogP contribution in [0.1, 0.15) is 12.8 Å². The van der Waals surface area contributed by atoms with Gasteiger partial charge in [-0.15, -0.1) is 0 Å². The number of hydrogen-bond acceptors (Lipinski definition) is 4. The van der Waals surface area contributed by atoms with Crippen molar-refractivity contribution in [1.29, 1.82) is 0 Å². The highest BCUT2D eigenvalue weighted by Crippen LogP contribution is 2.35. The Morgan fingerprint density at radius 3 is 1.30 bits per heavy atom. The smallest absolute Gasteiger partial charge is 0.475 e. The lowest BCUT2D eigenvalue weighted by Crippen LogP contribution is -2.49. The largest absolute Gasteiger partial charge is 0.490 e. The summed E-state index contributed by atoms with van der Waals surface area (Å²) in [5, 5.41) is 17.6. The zero-order chi connectivity index (χ0) is 18.3. The molecule has 3 N–H and O–H groups in total. The minimum Gasteiger partial charge on any atom is -0.475 e. The fourth-order valence-electron chi connectivity index (χ4n) is 1.64. The molecule has 0 aromatic carbocycles. The van der Waals surface area contributed by atoms with Gasteiger partial charge < -0.3 is 20.3 Å². The van der Waals surface area contributed by atoms with Gasteiger partial charge in [0.1, 0.15) is 0 Å². The monoisotopic (exact) mass is 355 g/mol. The lowest BCUT2D eigenvalue weighted by molar-refractivity contribution is -0.193. The maximum atomic E-state index is 10.6. The van der Waals surface area contributed by atoms with Gasteiger partial charge in [0.05, 0.1) is 13.2 Å². The molecule has 2 fully saturated rings. The lowest BCUT2D eigenvalue weighted by atomic mass is 9.77. The standard InChI is InChI=1S/C7H13NO.2C2HF3O2/c1-3-8-4-2-7(1)5-9-6-7;2*3-2(4,5)1(6)7/h8H,1-6H2;2*(H,6,7). The Bertz CT molecular complexity index is 373. The summed E-state index contributed by atoms with van der Waals surface area (Å²) in [7, 11) is 0. The molecule has 1 spiro atoms. The number of carboxylic acid groups (broad SMARTS) is 2. The molecule has 0 radical (unpaired) electrons. The minimum absolute atomic E-state index is 0.616. The number of carbonyl (C=O) groups is 2. The highest BCUT2D eigenvalue weighted by Gasteiger charge is 2.39. The molecule has 0 atom stereocenters. The van der Waals surface area contributed by atoms with E-state index in [1.807, 2.05) is 0 Å². The van der Waals surface area contributed by atoms with E-state index in [0.29, 0.717) is 5.41 Å². The van der Waals surface area contributed by atoms with E-state index in [0.717, 1.165) is 13.2 Å². The number of aliphatic carboxylic acids is 2. The van der Waals surface area contributed by atoms with Gasteiger partial charge in [-0.25, -0.2) is 9.59 Å². The fraction of sp³-hybridized carbons (Fsp3) is 0.818. The van der Waals surface area contributed by atoms with Crippen LogP contribution in [0.25, 0.3) is 0 Å². The molecule has 2 heterocycles. The summed E-state index contributed by atoms with van der Waals surface area (Å²) in [4.78, 5) is 17.8. The molecule has 0 amide bonds. The molecule has 2 aliphatic heterocycles. The van der Waals surface area contributed by atoms with Gasteiger partial charge >= 0.3 is 24.3 Å². The van der Waals surface area contributed by atoms with Gasteiger partial charge in [0.2, 0.25) is 0 Å². The van der Waals surface area contributed by atoms with Crippen LogP contribution in [-0.2, 0) is 14.3 Å². The lowest BCUT2D eigenvalue weighted by Gasteiger charge is -2.44. The summed E-state index contributed by atoms with van der Waals surface area (Å²) in [5.74, 6) is -5.51. The molecule has 23 heavy (non-hydrogen) atoms. The number of carboxylic acids is 2. The second-order valence-corrected chi connectivity index (χ2v) is 4.85. The summed E-state index contributed by atoms with van der Waals surface area (Å²) >= 11 is 0. The molecular weight excluding hydrogens is 340 g/mol. The van der Waals surface area contributed by atoms with Gasteiger partial charge in [-0.2, -0.15) is 26.3 Å². The van der Waals surface area contributed by atoms with E-state index in [4.69, 9.17) is 24.5 Å². The van der Waals surface area contributed by atoms with Crippen molar-refractivity contribution in [2.24, 2.45) is 5.41 Å². The average molecular weight is 355 g/mol. The van der Waals surface area contributed by atoms with Crippen LogP contribution < -0.4 is 5.32 Å². The van der Waals surface area contributed by atoms with Gasteiger partial charge in [-0.3, -0.25) is 0 Å². The van der Waals surface area contributed by atoms with Gasteiger partial charge in [0.15, 0.2) is 0 Å². The number of alkyl halides is 6. The number of nitrogens with one attached hydrogen (secondary N) is 1. The van der Waals surface area contributed by atoms with E-state index in [2.05, 4.69) is 5.32 Å². The van der Waals surface area contributed by atoms with Crippen molar-refractivity contribution >= 4 is 11.9 Å². The normalized spacial score (nSPS) is 19.4. The maximum Gasteiger partial charge on any atom is 0.490 e. The van der Waals surface area contributed by atoms with E-state index in [9.17, 15) is 26.3 Å². The Labute approximate surface area is 126 Å². The van der Waals surface area contributed by atoms with Crippen LogP contribution >= 0.6 is 0 Å². The van der Waals surface area contributed by atoms with Crippen LogP contribution in [0.4, 0.5) is 26.3 Å². The van der Waals surface area contributed by atoms with Crippen molar-refractivity contribution in [3.05, 3.63) is 0 Å². The van der Waals surface area contributed by atoms with E-state index < -0.39 is 24.3 Å². The minimum atomic E-state index is -5.08. The van der Waals surface area contributed by atoms with Crippen molar-refractivity contribution in [1.82, 2.24) is 5.32 Å². The Morgan fingerprint density at radius 1 is 0.870 bits per heavy atom. The van der Waals surface area contributed by atoms with Crippen LogP contribution in [0.5, 0.6) is 0 Å². The molecule has 2 aliphatic rings. The Kier molecular flexibility index (Phi) is 7.77. The first kappa shape index (κ1) is 21.4. The topological polar surface area (TPSA) is 95.9 Å². The van der Waals surface area contributed by atoms with Gasteiger partial charge in [0.25, 0.3) is 0 Å². The van der Waals surface area contributed by atoms with Gasteiger partial charge in [-0.1, -0.05) is 0 Å². The zero-order valence-corrected chi connectivity index (χ0v) is 11.6. The Hall–Kier alpha value is -1.56. The van der Waals surface area contributed by atoms with Crippen molar-refractivity contribution in [2.45, 2.75) is 25.2 Å². The average Bonchev–Trinajstić information content (AvgIpc) is 2.37. The van der Waals surface area contributed by atoms with E-state index >= 15 is 0 Å². The number of hydrogen-bond donors (Lipinski definition) is 3. The van der Waals surface area contributed by atoms with Crippen molar-refractivity contribution in [3.8, 4) is 0 Å². The molecule has 0 unspecified atom stereocenters. The predicted molar refractivity (Wildman–Crippen MR) is 62.7 cm³/mol. The summed E-state index contributed by atoms with van der Waals surface area (Å²) in [6.07, 6.45) is -7.51. The molecule has 0 aromatic heterocycles. The number of rotatable bonds is 0. The molecule has 12 heteroatoms. The van der Waals surface area contributed by atoms with Crippen LogP contribution in [0.15, 0.2) is 0 Å². The molecule has 2 rings (SSSR count). The summed E-state index contributed by atoms with van der Waals surface area (Å²) in [6, 6.07) is 0. The predicted octanol–water partition coefficient (Wildman–Crippen LogP) is 1.65. The third-order valence-electron chi connectivity index (χ3n) is 2.97. The molecule has 0 aromatic rings. The number of halogens is 6. The van der Waals surface area contributed by atoms with Crippen molar-refractivity contribution in [2.75, 3.05) is 26.3 Å². The van der Waals surface area contributed by atoms with E-state index in [1.54, 1.807) is 0 Å². The first-order valence-corrected chi connectivity index (χ1v) is 6.19. The number of ether oxygens (including phenoxy) is 1. The first-order valence-electron chi connectivity index (χ1n) is 6.19. The van der Waals surface area contributed by atoms with Gasteiger partial charge in [-0.05, 0) is 25.9 Å². The molecular formula is C11H15F6NO5. The zero-order valence-electron chi connectivity index (χ0n) is 11.6. The molecule has 0 aliphatic carbocycles. The molecule has 136 valence electrons. The molecule has 2 saturated heterocycles. The van der Waals surface area contributed by atoms with Crippen molar-refractivity contribution in [3.63, 3.8) is 0 Å². The first-order chi connectivity index (χ1) is 10.3. The van der Waals surface area contributed by atoms with Crippen LogP contribution in [-0.4, -0.2) is 60.8 Å². The second kappa shape index (κ2) is 8.34. The van der Waals surface area contributed by atoms with Crippen LogP contribution in [0.3, 0.4) is 0 Å². The van der Waals surface area contributed by atoms with Crippen LogP contribution in [0, 0.1) is 5.41 Å². The molecule has 6 nitrogen and oxygen atoms in total. The molecule has 0 bridgehead atoms. The Morgan fingerprint density at radius 2 is 1.17 bits per heavy atom. The SMILES string of the molecule is C1CC2(CCN1)COC2.O=C(O)C(F)(F)F.O=C(O)C(F)(F)F.